The van der Waals surface area contributed by atoms with Crippen molar-refractivity contribution in [2.24, 2.45) is 11.8 Å². The van der Waals surface area contributed by atoms with Crippen molar-refractivity contribution in [1.82, 2.24) is 0 Å². The van der Waals surface area contributed by atoms with E-state index in [-0.39, 0.29) is 18.0 Å². The van der Waals surface area contributed by atoms with Gasteiger partial charge in [0.1, 0.15) is 6.10 Å². The number of benzene rings is 1. The summed E-state index contributed by atoms with van der Waals surface area (Å²) < 4.78 is 5.87. The number of esters is 1. The lowest BCUT2D eigenvalue weighted by molar-refractivity contribution is -0.157. The second kappa shape index (κ2) is 11.0. The normalized spacial score (nSPS) is 27.7. The Morgan fingerprint density at radius 1 is 1.03 bits per heavy atom. The Kier molecular flexibility index (Phi) is 8.11. The Hall–Kier alpha value is -2.34. The highest BCUT2D eigenvalue weighted by Gasteiger charge is 2.30. The summed E-state index contributed by atoms with van der Waals surface area (Å²) in [5.41, 5.74) is 2.81. The van der Waals surface area contributed by atoms with Crippen LogP contribution in [0.2, 0.25) is 0 Å². The van der Waals surface area contributed by atoms with E-state index in [2.05, 4.69) is 37.3 Å². The van der Waals surface area contributed by atoms with Crippen LogP contribution in [0.25, 0.3) is 0 Å². The number of hydrogen-bond donors (Lipinski definition) is 0. The fourth-order valence-electron chi connectivity index (χ4n) is 4.67. The quantitative estimate of drug-likeness (QED) is 0.327. The highest BCUT2D eigenvalue weighted by atomic mass is 16.5. The van der Waals surface area contributed by atoms with Gasteiger partial charge in [-0.25, -0.2) is 0 Å². The second-order valence-electron chi connectivity index (χ2n) is 8.49. The first-order valence-electron chi connectivity index (χ1n) is 11.2. The topological polar surface area (TPSA) is 50.1 Å². The number of nitriles is 1. The third-order valence-corrected chi connectivity index (χ3v) is 6.59. The Labute approximate surface area is 175 Å². The van der Waals surface area contributed by atoms with Gasteiger partial charge in [-0.2, -0.15) is 5.26 Å². The van der Waals surface area contributed by atoms with Crippen molar-refractivity contribution >= 4 is 5.97 Å². The van der Waals surface area contributed by atoms with E-state index < -0.39 is 0 Å². The van der Waals surface area contributed by atoms with Crippen LogP contribution in [0, 0.1) is 23.2 Å². The molecular formula is C26H33NO2. The minimum atomic E-state index is 0.0285. The minimum Gasteiger partial charge on any atom is -0.462 e. The van der Waals surface area contributed by atoms with Crippen LogP contribution in [0.3, 0.4) is 0 Å². The lowest BCUT2D eigenvalue weighted by atomic mass is 9.78. The number of carbonyl (C=O) groups is 1. The number of nitrogens with zero attached hydrogens (tertiary/aromatic N) is 1. The van der Waals surface area contributed by atoms with Gasteiger partial charge in [0.05, 0.1) is 12.0 Å². The summed E-state index contributed by atoms with van der Waals surface area (Å²) in [7, 11) is 0. The number of aryl methyl sites for hydroxylation is 1. The molecule has 3 rings (SSSR count). The van der Waals surface area contributed by atoms with Gasteiger partial charge in [-0.1, -0.05) is 49.4 Å². The highest BCUT2D eigenvalue weighted by molar-refractivity contribution is 5.72. The van der Waals surface area contributed by atoms with Crippen molar-refractivity contribution in [3.8, 4) is 6.07 Å². The van der Waals surface area contributed by atoms with E-state index in [1.165, 1.54) is 17.2 Å². The molecule has 154 valence electrons. The lowest BCUT2D eigenvalue weighted by Crippen LogP contribution is -2.29. The first-order valence-corrected chi connectivity index (χ1v) is 11.2. The molecule has 0 saturated heterocycles. The van der Waals surface area contributed by atoms with Crippen molar-refractivity contribution in [3.63, 3.8) is 0 Å². The smallest absolute Gasteiger partial charge is 0.309 e. The molecule has 0 atom stereocenters. The van der Waals surface area contributed by atoms with Gasteiger partial charge < -0.3 is 4.74 Å². The lowest BCUT2D eigenvalue weighted by Gasteiger charge is -2.31. The zero-order valence-electron chi connectivity index (χ0n) is 17.6. The Morgan fingerprint density at radius 2 is 1.72 bits per heavy atom. The van der Waals surface area contributed by atoms with E-state index in [1.807, 2.05) is 12.1 Å². The van der Waals surface area contributed by atoms with Crippen LogP contribution in [-0.4, -0.2) is 12.1 Å². The number of allylic oxidation sites excluding steroid dienone is 4. The monoisotopic (exact) mass is 391 g/mol. The molecule has 1 aromatic carbocycles. The molecule has 0 amide bonds. The number of ether oxygens (including phenoxy) is 1. The van der Waals surface area contributed by atoms with Crippen molar-refractivity contribution in [2.75, 3.05) is 0 Å². The molecule has 1 aromatic rings. The van der Waals surface area contributed by atoms with Gasteiger partial charge in [0, 0.05) is 6.08 Å². The van der Waals surface area contributed by atoms with Gasteiger partial charge in [-0.05, 0) is 80.8 Å². The predicted octanol–water partition coefficient (Wildman–Crippen LogP) is 6.26. The van der Waals surface area contributed by atoms with Crippen LogP contribution in [0.5, 0.6) is 0 Å². The maximum Gasteiger partial charge on any atom is 0.309 e. The molecule has 0 aliphatic heterocycles. The van der Waals surface area contributed by atoms with Crippen LogP contribution >= 0.6 is 0 Å². The summed E-state index contributed by atoms with van der Waals surface area (Å²) in [6, 6.07) is 11.0. The molecule has 3 nitrogen and oxygen atoms in total. The van der Waals surface area contributed by atoms with Gasteiger partial charge in [-0.3, -0.25) is 4.79 Å². The molecule has 0 unspecified atom stereocenters. The summed E-state index contributed by atoms with van der Waals surface area (Å²) in [5.74, 6) is 1.22. The van der Waals surface area contributed by atoms with Gasteiger partial charge in [0.15, 0.2) is 0 Å². The maximum absolute atomic E-state index is 12.6. The summed E-state index contributed by atoms with van der Waals surface area (Å²) in [4.78, 5) is 12.6. The molecule has 2 fully saturated rings. The highest BCUT2D eigenvalue weighted by Crippen LogP contribution is 2.37. The van der Waals surface area contributed by atoms with E-state index in [1.54, 1.807) is 6.08 Å². The average Bonchev–Trinajstić information content (AvgIpc) is 2.78. The fraction of sp³-hybridized carbons (Fsp3) is 0.538. The van der Waals surface area contributed by atoms with E-state index in [9.17, 15) is 4.79 Å². The van der Waals surface area contributed by atoms with E-state index in [0.29, 0.717) is 11.8 Å². The van der Waals surface area contributed by atoms with Gasteiger partial charge in [0.25, 0.3) is 0 Å². The van der Waals surface area contributed by atoms with E-state index >= 15 is 0 Å². The third-order valence-electron chi connectivity index (χ3n) is 6.59. The van der Waals surface area contributed by atoms with Crippen molar-refractivity contribution in [2.45, 2.75) is 76.7 Å². The second-order valence-corrected chi connectivity index (χ2v) is 8.49. The predicted molar refractivity (Wildman–Crippen MR) is 116 cm³/mol. The molecule has 0 bridgehead atoms. The molecule has 2 saturated carbocycles. The molecular weight excluding hydrogens is 358 g/mol. The molecule has 0 radical (unpaired) electrons. The Morgan fingerprint density at radius 3 is 2.34 bits per heavy atom. The molecule has 3 heteroatoms. The molecule has 29 heavy (non-hydrogen) atoms. The van der Waals surface area contributed by atoms with Crippen LogP contribution < -0.4 is 0 Å². The molecule has 0 spiro atoms. The zero-order chi connectivity index (χ0) is 20.5. The summed E-state index contributed by atoms with van der Waals surface area (Å²) in [6.07, 6.45) is 16.6. The van der Waals surface area contributed by atoms with Gasteiger partial charge in [0.2, 0.25) is 0 Å². The standard InChI is InChI=1S/C26H33NO2/c1-2-20-7-11-22(12-8-20)23-13-15-24(16-14-23)26(28)29-25-17-9-21(10-18-25)6-4-3-5-19-27/h3-8,11-12,21,23-25H,2,9-10,13-18H2,1H3/b5-3?,6-4+. The van der Waals surface area contributed by atoms with Crippen LogP contribution in [0.1, 0.15) is 75.3 Å². The largest absolute Gasteiger partial charge is 0.462 e. The molecule has 0 heterocycles. The minimum absolute atomic E-state index is 0.0285. The zero-order valence-corrected chi connectivity index (χ0v) is 17.6. The molecule has 2 aliphatic rings. The summed E-state index contributed by atoms with van der Waals surface area (Å²) in [5, 5.41) is 8.50. The number of carbonyl (C=O) groups excluding carboxylic acids is 1. The maximum atomic E-state index is 12.6. The van der Waals surface area contributed by atoms with Crippen molar-refractivity contribution in [3.05, 3.63) is 59.7 Å². The molecule has 0 N–H and O–H groups in total. The summed E-state index contributed by atoms with van der Waals surface area (Å²) in [6.45, 7) is 2.18. The van der Waals surface area contributed by atoms with E-state index in [4.69, 9.17) is 10.00 Å². The van der Waals surface area contributed by atoms with Gasteiger partial charge >= 0.3 is 5.97 Å². The SMILES string of the molecule is CCc1ccc(C2CCC(C(=O)OC3CCC(/C=C/C=CC#N)CC3)CC2)cc1. The Bertz CT molecular complexity index is 740. The van der Waals surface area contributed by atoms with Crippen LogP contribution in [0.4, 0.5) is 0 Å². The van der Waals surface area contributed by atoms with Gasteiger partial charge in [-0.15, -0.1) is 0 Å². The first kappa shape index (κ1) is 21.4. The van der Waals surface area contributed by atoms with Crippen LogP contribution in [0.15, 0.2) is 48.6 Å². The Balaban J connectivity index is 1.39. The summed E-state index contributed by atoms with van der Waals surface area (Å²) >= 11 is 0. The fourth-order valence-corrected chi connectivity index (χ4v) is 4.67. The number of hydrogen-bond acceptors (Lipinski definition) is 3. The number of rotatable bonds is 6. The van der Waals surface area contributed by atoms with Crippen molar-refractivity contribution in [1.29, 1.82) is 5.26 Å². The van der Waals surface area contributed by atoms with Crippen molar-refractivity contribution < 1.29 is 9.53 Å². The molecule has 2 aliphatic carbocycles. The molecule has 0 aromatic heterocycles. The van der Waals surface area contributed by atoms with Crippen LogP contribution in [-0.2, 0) is 16.0 Å². The van der Waals surface area contributed by atoms with E-state index in [0.717, 1.165) is 57.8 Å². The third kappa shape index (κ3) is 6.32. The average molecular weight is 392 g/mol. The first-order chi connectivity index (χ1) is 14.2.